The van der Waals surface area contributed by atoms with Crippen LogP contribution in [-0.4, -0.2) is 14.8 Å². The summed E-state index contributed by atoms with van der Waals surface area (Å²) in [4.78, 5) is 0. The zero-order valence-electron chi connectivity index (χ0n) is 10.4. The van der Waals surface area contributed by atoms with Gasteiger partial charge in [0.2, 0.25) is 0 Å². The molecule has 1 aliphatic carbocycles. The molecule has 0 bridgehead atoms. The first kappa shape index (κ1) is 11.6. The third-order valence-corrected chi connectivity index (χ3v) is 3.58. The topological polar surface area (TPSA) is 30.7 Å². The van der Waals surface area contributed by atoms with Crippen LogP contribution in [0.2, 0.25) is 0 Å². The molecule has 0 atom stereocenters. The second-order valence-electron chi connectivity index (χ2n) is 4.92. The summed E-state index contributed by atoms with van der Waals surface area (Å²) >= 11 is 0. The molecule has 1 aromatic rings. The molecule has 3 nitrogen and oxygen atoms in total. The van der Waals surface area contributed by atoms with Gasteiger partial charge in [-0.1, -0.05) is 39.0 Å². The van der Waals surface area contributed by atoms with Gasteiger partial charge in [-0.3, -0.25) is 0 Å². The molecule has 1 heterocycles. The van der Waals surface area contributed by atoms with Gasteiger partial charge in [-0.15, -0.1) is 10.2 Å². The molecule has 0 N–H and O–H groups in total. The fraction of sp³-hybridized carbons (Fsp3) is 0.846. The van der Waals surface area contributed by atoms with Crippen LogP contribution in [-0.2, 0) is 6.54 Å². The molecule has 2 rings (SSSR count). The smallest absolute Gasteiger partial charge is 0.135 e. The van der Waals surface area contributed by atoms with Gasteiger partial charge in [0.1, 0.15) is 12.2 Å². The van der Waals surface area contributed by atoms with Gasteiger partial charge < -0.3 is 4.57 Å². The van der Waals surface area contributed by atoms with E-state index in [0.717, 1.165) is 13.0 Å². The average molecular weight is 221 g/mol. The van der Waals surface area contributed by atoms with Crippen LogP contribution in [0.3, 0.4) is 0 Å². The van der Waals surface area contributed by atoms with Gasteiger partial charge in [0.25, 0.3) is 0 Å². The van der Waals surface area contributed by atoms with Crippen molar-refractivity contribution < 1.29 is 0 Å². The van der Waals surface area contributed by atoms with Crippen LogP contribution >= 0.6 is 0 Å². The SMILES string of the molecule is CCCn1cnnc1C1CCCCCCC1. The van der Waals surface area contributed by atoms with Gasteiger partial charge in [-0.2, -0.15) is 0 Å². The number of aromatic nitrogens is 3. The Kier molecular flexibility index (Phi) is 4.37. The first-order chi connectivity index (χ1) is 7.92. The second kappa shape index (κ2) is 6.02. The minimum absolute atomic E-state index is 0.661. The van der Waals surface area contributed by atoms with E-state index in [2.05, 4.69) is 21.7 Å². The lowest BCUT2D eigenvalue weighted by Crippen LogP contribution is -2.10. The van der Waals surface area contributed by atoms with Crippen molar-refractivity contribution in [2.24, 2.45) is 0 Å². The zero-order valence-corrected chi connectivity index (χ0v) is 10.4. The number of hydrogen-bond acceptors (Lipinski definition) is 2. The molecule has 0 unspecified atom stereocenters. The van der Waals surface area contributed by atoms with Crippen molar-refractivity contribution in [1.29, 1.82) is 0 Å². The van der Waals surface area contributed by atoms with E-state index < -0.39 is 0 Å². The lowest BCUT2D eigenvalue weighted by Gasteiger charge is -2.19. The molecule has 16 heavy (non-hydrogen) atoms. The Labute approximate surface area is 98.3 Å². The Balaban J connectivity index is 2.04. The van der Waals surface area contributed by atoms with Crippen molar-refractivity contribution in [1.82, 2.24) is 14.8 Å². The number of nitrogens with zero attached hydrogens (tertiary/aromatic N) is 3. The normalized spacial score (nSPS) is 19.3. The standard InChI is InChI=1S/C13H23N3/c1-2-10-16-11-14-15-13(16)12-8-6-4-3-5-7-9-12/h11-12H,2-10H2,1H3. The predicted molar refractivity (Wildman–Crippen MR) is 65.4 cm³/mol. The van der Waals surface area contributed by atoms with Gasteiger partial charge in [0, 0.05) is 12.5 Å². The molecule has 1 aromatic heterocycles. The number of hydrogen-bond donors (Lipinski definition) is 0. The van der Waals surface area contributed by atoms with E-state index in [0.29, 0.717) is 5.92 Å². The molecule has 90 valence electrons. The van der Waals surface area contributed by atoms with Crippen LogP contribution in [0.5, 0.6) is 0 Å². The summed E-state index contributed by atoms with van der Waals surface area (Å²) in [6.45, 7) is 3.28. The van der Waals surface area contributed by atoms with Crippen LogP contribution in [0.25, 0.3) is 0 Å². The fourth-order valence-corrected chi connectivity index (χ4v) is 2.71. The molecule has 1 aliphatic rings. The van der Waals surface area contributed by atoms with E-state index in [4.69, 9.17) is 0 Å². The first-order valence-corrected chi connectivity index (χ1v) is 6.79. The average Bonchev–Trinajstić information content (AvgIpc) is 2.66. The molecule has 1 fully saturated rings. The third-order valence-electron chi connectivity index (χ3n) is 3.58. The third kappa shape index (κ3) is 2.83. The first-order valence-electron chi connectivity index (χ1n) is 6.79. The molecule has 0 aromatic carbocycles. The van der Waals surface area contributed by atoms with Crippen molar-refractivity contribution in [2.45, 2.75) is 70.8 Å². The maximum atomic E-state index is 4.34. The van der Waals surface area contributed by atoms with Gasteiger partial charge >= 0.3 is 0 Å². The van der Waals surface area contributed by atoms with Crippen molar-refractivity contribution in [3.05, 3.63) is 12.2 Å². The Morgan fingerprint density at radius 2 is 1.88 bits per heavy atom. The van der Waals surface area contributed by atoms with Crippen LogP contribution in [0.1, 0.15) is 70.0 Å². The van der Waals surface area contributed by atoms with Crippen LogP contribution in [0.4, 0.5) is 0 Å². The Bertz CT molecular complexity index is 298. The molecular formula is C13H23N3. The maximum absolute atomic E-state index is 4.34. The minimum Gasteiger partial charge on any atom is -0.317 e. The molecule has 0 amide bonds. The van der Waals surface area contributed by atoms with E-state index in [1.54, 1.807) is 0 Å². The second-order valence-corrected chi connectivity index (χ2v) is 4.92. The molecule has 0 aliphatic heterocycles. The highest BCUT2D eigenvalue weighted by atomic mass is 15.3. The van der Waals surface area contributed by atoms with Gasteiger partial charge in [-0.25, -0.2) is 0 Å². The summed E-state index contributed by atoms with van der Waals surface area (Å²) in [5, 5.41) is 8.43. The Morgan fingerprint density at radius 3 is 2.56 bits per heavy atom. The Hall–Kier alpha value is -0.860. The molecule has 3 heteroatoms. The highest BCUT2D eigenvalue weighted by Gasteiger charge is 2.18. The molecule has 0 spiro atoms. The van der Waals surface area contributed by atoms with Crippen molar-refractivity contribution >= 4 is 0 Å². The van der Waals surface area contributed by atoms with E-state index in [9.17, 15) is 0 Å². The van der Waals surface area contributed by atoms with Crippen molar-refractivity contribution in [3.8, 4) is 0 Å². The highest BCUT2D eigenvalue weighted by Crippen LogP contribution is 2.29. The van der Waals surface area contributed by atoms with E-state index in [1.165, 1.54) is 50.8 Å². The molecule has 1 saturated carbocycles. The van der Waals surface area contributed by atoms with Crippen LogP contribution < -0.4 is 0 Å². The summed E-state index contributed by atoms with van der Waals surface area (Å²) in [5.41, 5.74) is 0. The summed E-state index contributed by atoms with van der Waals surface area (Å²) in [6, 6.07) is 0. The largest absolute Gasteiger partial charge is 0.317 e. The van der Waals surface area contributed by atoms with E-state index in [1.807, 2.05) is 6.33 Å². The van der Waals surface area contributed by atoms with E-state index >= 15 is 0 Å². The van der Waals surface area contributed by atoms with Gasteiger partial charge in [-0.05, 0) is 19.3 Å². The summed E-state index contributed by atoms with van der Waals surface area (Å²) < 4.78 is 2.26. The van der Waals surface area contributed by atoms with Gasteiger partial charge in [0.15, 0.2) is 0 Å². The van der Waals surface area contributed by atoms with Crippen molar-refractivity contribution in [2.75, 3.05) is 0 Å². The van der Waals surface area contributed by atoms with Crippen LogP contribution in [0, 0.1) is 0 Å². The van der Waals surface area contributed by atoms with E-state index in [-0.39, 0.29) is 0 Å². The number of aryl methyl sites for hydroxylation is 1. The predicted octanol–water partition coefficient (Wildman–Crippen LogP) is 3.52. The maximum Gasteiger partial charge on any atom is 0.135 e. The number of rotatable bonds is 3. The minimum atomic E-state index is 0.661. The lowest BCUT2D eigenvalue weighted by atomic mass is 9.90. The quantitative estimate of drug-likeness (QED) is 0.782. The van der Waals surface area contributed by atoms with Crippen molar-refractivity contribution in [3.63, 3.8) is 0 Å². The monoisotopic (exact) mass is 221 g/mol. The Morgan fingerprint density at radius 1 is 1.19 bits per heavy atom. The fourth-order valence-electron chi connectivity index (χ4n) is 2.71. The lowest BCUT2D eigenvalue weighted by molar-refractivity contribution is 0.428. The summed E-state index contributed by atoms with van der Waals surface area (Å²) in [5.74, 6) is 1.90. The zero-order chi connectivity index (χ0) is 11.2. The summed E-state index contributed by atoms with van der Waals surface area (Å²) in [7, 11) is 0. The summed E-state index contributed by atoms with van der Waals surface area (Å²) in [6.07, 6.45) is 12.6. The highest BCUT2D eigenvalue weighted by molar-refractivity contribution is 4.96. The molecular weight excluding hydrogens is 198 g/mol. The van der Waals surface area contributed by atoms with Crippen LogP contribution in [0.15, 0.2) is 6.33 Å². The van der Waals surface area contributed by atoms with Gasteiger partial charge in [0.05, 0.1) is 0 Å². The molecule has 0 radical (unpaired) electrons. The molecule has 0 saturated heterocycles.